The summed E-state index contributed by atoms with van der Waals surface area (Å²) in [5.74, 6) is -0.348. The molecule has 23 heavy (non-hydrogen) atoms. The zero-order chi connectivity index (χ0) is 16.7. The van der Waals surface area contributed by atoms with Crippen molar-refractivity contribution in [2.75, 3.05) is 26.7 Å². The molecule has 1 heterocycles. The van der Waals surface area contributed by atoms with Crippen molar-refractivity contribution in [2.45, 2.75) is 32.2 Å². The van der Waals surface area contributed by atoms with Gasteiger partial charge >= 0.3 is 0 Å². The SMILES string of the molecule is CCC[NH+]1CCC(NC(=O)/C=C/c2ccc(OC)c(F)c2)CC1. The third kappa shape index (κ3) is 5.36. The van der Waals surface area contributed by atoms with Crippen molar-refractivity contribution in [1.29, 1.82) is 0 Å². The Morgan fingerprint density at radius 1 is 1.43 bits per heavy atom. The van der Waals surface area contributed by atoms with E-state index in [0.29, 0.717) is 5.56 Å². The maximum absolute atomic E-state index is 13.6. The average molecular weight is 321 g/mol. The molecule has 0 aromatic heterocycles. The summed E-state index contributed by atoms with van der Waals surface area (Å²) in [5, 5.41) is 3.03. The van der Waals surface area contributed by atoms with Crippen LogP contribution in [0.15, 0.2) is 24.3 Å². The predicted octanol–water partition coefficient (Wildman–Crippen LogP) is 1.42. The largest absolute Gasteiger partial charge is 0.494 e. The molecule has 5 heteroatoms. The highest BCUT2D eigenvalue weighted by Crippen LogP contribution is 2.18. The molecule has 1 aliphatic heterocycles. The molecular formula is C18H26FN2O2+. The van der Waals surface area contributed by atoms with Crippen LogP contribution in [-0.4, -0.2) is 38.7 Å². The van der Waals surface area contributed by atoms with E-state index >= 15 is 0 Å². The van der Waals surface area contributed by atoms with Gasteiger partial charge in [-0.15, -0.1) is 0 Å². The Hall–Kier alpha value is -1.88. The first-order valence-corrected chi connectivity index (χ1v) is 8.28. The summed E-state index contributed by atoms with van der Waals surface area (Å²) in [7, 11) is 1.43. The molecule has 1 aromatic rings. The third-order valence-electron chi connectivity index (χ3n) is 4.25. The number of piperidine rings is 1. The molecule has 0 saturated carbocycles. The van der Waals surface area contributed by atoms with Gasteiger partial charge in [-0.05, 0) is 30.2 Å². The number of carbonyl (C=O) groups is 1. The molecule has 126 valence electrons. The van der Waals surface area contributed by atoms with Crippen molar-refractivity contribution in [2.24, 2.45) is 0 Å². The van der Waals surface area contributed by atoms with E-state index in [9.17, 15) is 9.18 Å². The number of quaternary nitrogens is 1. The van der Waals surface area contributed by atoms with E-state index < -0.39 is 5.82 Å². The summed E-state index contributed by atoms with van der Waals surface area (Å²) in [5.41, 5.74) is 0.639. The molecule has 1 aromatic carbocycles. The lowest BCUT2D eigenvalue weighted by Crippen LogP contribution is -3.13. The molecule has 0 radical (unpaired) electrons. The first-order valence-electron chi connectivity index (χ1n) is 8.28. The highest BCUT2D eigenvalue weighted by atomic mass is 19.1. The quantitative estimate of drug-likeness (QED) is 0.778. The van der Waals surface area contributed by atoms with Crippen LogP contribution < -0.4 is 15.0 Å². The van der Waals surface area contributed by atoms with Gasteiger partial charge in [-0.25, -0.2) is 4.39 Å². The number of benzene rings is 1. The summed E-state index contributed by atoms with van der Waals surface area (Å²) in [6.45, 7) is 5.65. The van der Waals surface area contributed by atoms with Gasteiger partial charge in [0.05, 0.1) is 26.7 Å². The molecule has 1 amide bonds. The minimum absolute atomic E-state index is 0.120. The van der Waals surface area contributed by atoms with Crippen LogP contribution in [0.5, 0.6) is 5.75 Å². The lowest BCUT2D eigenvalue weighted by Gasteiger charge is -2.29. The molecule has 0 bridgehead atoms. The minimum atomic E-state index is -0.429. The predicted molar refractivity (Wildman–Crippen MR) is 89.0 cm³/mol. The number of halogens is 1. The minimum Gasteiger partial charge on any atom is -0.494 e. The maximum Gasteiger partial charge on any atom is 0.244 e. The number of hydrogen-bond acceptors (Lipinski definition) is 2. The van der Waals surface area contributed by atoms with Gasteiger partial charge in [0.25, 0.3) is 0 Å². The van der Waals surface area contributed by atoms with Crippen LogP contribution >= 0.6 is 0 Å². The summed E-state index contributed by atoms with van der Waals surface area (Å²) < 4.78 is 18.5. The van der Waals surface area contributed by atoms with Crippen molar-refractivity contribution in [1.82, 2.24) is 5.32 Å². The normalized spacial score (nSPS) is 21.3. The van der Waals surface area contributed by atoms with Crippen LogP contribution in [-0.2, 0) is 4.79 Å². The number of hydrogen-bond donors (Lipinski definition) is 2. The first-order chi connectivity index (χ1) is 11.1. The maximum atomic E-state index is 13.6. The number of carbonyl (C=O) groups excluding carboxylic acids is 1. The van der Waals surface area contributed by atoms with Crippen molar-refractivity contribution in [3.63, 3.8) is 0 Å². The van der Waals surface area contributed by atoms with Gasteiger partial charge in [-0.3, -0.25) is 4.79 Å². The third-order valence-corrected chi connectivity index (χ3v) is 4.25. The smallest absolute Gasteiger partial charge is 0.244 e. The second kappa shape index (κ2) is 8.67. The van der Waals surface area contributed by atoms with Crippen LogP contribution in [0, 0.1) is 5.82 Å². The zero-order valence-electron chi connectivity index (χ0n) is 13.9. The van der Waals surface area contributed by atoms with Gasteiger partial charge in [-0.2, -0.15) is 0 Å². The summed E-state index contributed by atoms with van der Waals surface area (Å²) >= 11 is 0. The van der Waals surface area contributed by atoms with E-state index in [2.05, 4.69) is 12.2 Å². The van der Waals surface area contributed by atoms with Gasteiger partial charge < -0.3 is 15.0 Å². The molecule has 0 spiro atoms. The fraction of sp³-hybridized carbons (Fsp3) is 0.500. The Labute approximate surface area is 137 Å². The van der Waals surface area contributed by atoms with E-state index in [1.54, 1.807) is 23.1 Å². The van der Waals surface area contributed by atoms with E-state index in [4.69, 9.17) is 4.74 Å². The second-order valence-corrected chi connectivity index (χ2v) is 6.01. The summed E-state index contributed by atoms with van der Waals surface area (Å²) in [4.78, 5) is 13.6. The van der Waals surface area contributed by atoms with Crippen molar-refractivity contribution in [3.05, 3.63) is 35.7 Å². The van der Waals surface area contributed by atoms with E-state index in [1.807, 2.05) is 0 Å². The van der Waals surface area contributed by atoms with E-state index in [-0.39, 0.29) is 17.7 Å². The fourth-order valence-corrected chi connectivity index (χ4v) is 2.98. The molecule has 0 unspecified atom stereocenters. The number of amides is 1. The Balaban J connectivity index is 1.82. The van der Waals surface area contributed by atoms with Gasteiger partial charge in [0, 0.05) is 25.0 Å². The zero-order valence-corrected chi connectivity index (χ0v) is 13.9. The van der Waals surface area contributed by atoms with E-state index in [0.717, 1.165) is 25.9 Å². The molecule has 4 nitrogen and oxygen atoms in total. The van der Waals surface area contributed by atoms with Gasteiger partial charge in [0.2, 0.25) is 5.91 Å². The number of ether oxygens (including phenoxy) is 1. The molecular weight excluding hydrogens is 295 g/mol. The van der Waals surface area contributed by atoms with Gasteiger partial charge in [0.1, 0.15) is 0 Å². The first kappa shape index (κ1) is 17.5. The molecule has 1 fully saturated rings. The van der Waals surface area contributed by atoms with Crippen LogP contribution in [0.3, 0.4) is 0 Å². The standard InChI is InChI=1S/C18H25FN2O2/c1-3-10-21-11-8-15(9-12-21)20-18(22)7-5-14-4-6-17(23-2)16(19)13-14/h4-7,13,15H,3,8-12H2,1-2H3,(H,20,22)/p+1/b7-5+. The molecule has 1 saturated heterocycles. The van der Waals surface area contributed by atoms with Gasteiger partial charge in [-0.1, -0.05) is 13.0 Å². The van der Waals surface area contributed by atoms with Crippen molar-refractivity contribution < 1.29 is 18.8 Å². The highest BCUT2D eigenvalue weighted by molar-refractivity contribution is 5.91. The van der Waals surface area contributed by atoms with Crippen molar-refractivity contribution in [3.8, 4) is 5.75 Å². The van der Waals surface area contributed by atoms with E-state index in [1.165, 1.54) is 32.2 Å². The fourth-order valence-electron chi connectivity index (χ4n) is 2.98. The molecule has 0 aliphatic carbocycles. The number of rotatable bonds is 6. The van der Waals surface area contributed by atoms with Crippen LogP contribution in [0.1, 0.15) is 31.7 Å². The van der Waals surface area contributed by atoms with Crippen molar-refractivity contribution >= 4 is 12.0 Å². The monoisotopic (exact) mass is 321 g/mol. The summed E-state index contributed by atoms with van der Waals surface area (Å²) in [6, 6.07) is 4.88. The molecule has 1 aliphatic rings. The lowest BCUT2D eigenvalue weighted by molar-refractivity contribution is -0.905. The van der Waals surface area contributed by atoms with Crippen LogP contribution in [0.25, 0.3) is 6.08 Å². The number of nitrogens with one attached hydrogen (secondary N) is 2. The Bertz CT molecular complexity index is 552. The molecule has 2 N–H and O–H groups in total. The number of methoxy groups -OCH3 is 1. The highest BCUT2D eigenvalue weighted by Gasteiger charge is 2.21. The van der Waals surface area contributed by atoms with Crippen LogP contribution in [0.4, 0.5) is 4.39 Å². The topological polar surface area (TPSA) is 42.8 Å². The van der Waals surface area contributed by atoms with Gasteiger partial charge in [0.15, 0.2) is 11.6 Å². The van der Waals surface area contributed by atoms with Crippen LogP contribution in [0.2, 0.25) is 0 Å². The molecule has 0 atom stereocenters. The Kier molecular flexibility index (Phi) is 6.59. The number of likely N-dealkylation sites (tertiary alicyclic amines) is 1. The molecule has 2 rings (SSSR count). The Morgan fingerprint density at radius 2 is 2.17 bits per heavy atom. The lowest BCUT2D eigenvalue weighted by atomic mass is 10.0. The second-order valence-electron chi connectivity index (χ2n) is 6.01. The summed E-state index contributed by atoms with van der Waals surface area (Å²) in [6.07, 6.45) is 6.33. The Morgan fingerprint density at radius 3 is 2.78 bits per heavy atom. The average Bonchev–Trinajstić information content (AvgIpc) is 2.55.